The standard InChI is InChI=1S/C21H20P.C11H11N3O5S/c1-2-18-22(19-12-6-3-7-13-19,20-14-8-4-9-15-20)21-16-10-5-11-17-21;15-11-13-5-3-9(8-2-1-4-12-6-8)10(7-13)14(11)19-20(16,17)18/h2-18H,1H3;1-4,6,10H,5,7H2,(H,16,17,18)/q+1;/p-1/b18-2-;. The Morgan fingerprint density at radius 3 is 1.88 bits per heavy atom. The van der Waals surface area contributed by atoms with Crippen LogP contribution in [-0.4, -0.2) is 53.1 Å². The molecule has 3 heterocycles. The van der Waals surface area contributed by atoms with Gasteiger partial charge in [0.05, 0.1) is 12.4 Å². The molecule has 1 atom stereocenters. The predicted octanol–water partition coefficient (Wildman–Crippen LogP) is 4.49. The summed E-state index contributed by atoms with van der Waals surface area (Å²) in [6.07, 6.45) is 7.20. The van der Waals surface area contributed by atoms with E-state index >= 15 is 0 Å². The molecule has 1 fully saturated rings. The number of allylic oxidation sites excluding steroid dienone is 1. The van der Waals surface area contributed by atoms with Crippen molar-refractivity contribution in [2.45, 2.75) is 13.0 Å². The lowest BCUT2D eigenvalue weighted by Gasteiger charge is -2.25. The highest BCUT2D eigenvalue weighted by molar-refractivity contribution is 7.98. The van der Waals surface area contributed by atoms with E-state index in [0.717, 1.165) is 5.56 Å². The maximum atomic E-state index is 11.9. The van der Waals surface area contributed by atoms with E-state index in [0.29, 0.717) is 17.2 Å². The van der Waals surface area contributed by atoms with Gasteiger partial charge in [0.1, 0.15) is 29.2 Å². The van der Waals surface area contributed by atoms with Crippen molar-refractivity contribution < 1.29 is 22.0 Å². The lowest BCUT2D eigenvalue weighted by molar-refractivity contribution is -0.0171. The first-order chi connectivity index (χ1) is 20.3. The molecule has 2 aliphatic rings. The molecule has 1 saturated heterocycles. The molecule has 214 valence electrons. The molecule has 0 spiro atoms. The highest BCUT2D eigenvalue weighted by Crippen LogP contribution is 2.56. The monoisotopic (exact) mass is 599 g/mol. The number of hydrogen-bond donors (Lipinski definition) is 0. The number of nitrogens with zero attached hydrogens (tertiary/aromatic N) is 3. The maximum absolute atomic E-state index is 11.9. The molecule has 0 aliphatic carbocycles. The number of benzene rings is 3. The number of carbonyl (C=O) groups is 1. The van der Waals surface area contributed by atoms with Gasteiger partial charge < -0.3 is 9.45 Å². The molecular formula is C32H30N3O5PS. The van der Waals surface area contributed by atoms with Gasteiger partial charge in [-0.15, -0.1) is 0 Å². The number of hydrogen-bond acceptors (Lipinski definition) is 6. The third-order valence-electron chi connectivity index (χ3n) is 7.06. The first-order valence-corrected chi connectivity index (χ1v) is 16.6. The molecule has 1 aromatic heterocycles. The van der Waals surface area contributed by atoms with Crippen molar-refractivity contribution in [1.29, 1.82) is 0 Å². The summed E-state index contributed by atoms with van der Waals surface area (Å²) in [4.78, 5) is 17.3. The lowest BCUT2D eigenvalue weighted by atomic mass is 9.98. The van der Waals surface area contributed by atoms with E-state index in [1.165, 1.54) is 20.8 Å². The summed E-state index contributed by atoms with van der Waals surface area (Å²) in [7, 11) is -6.73. The van der Waals surface area contributed by atoms with Gasteiger partial charge in [-0.05, 0) is 60.5 Å². The molecule has 0 radical (unpaired) electrons. The van der Waals surface area contributed by atoms with Crippen LogP contribution in [0.4, 0.5) is 4.79 Å². The number of carbonyl (C=O) groups excluding carboxylic acids is 1. The van der Waals surface area contributed by atoms with Crippen LogP contribution in [0.5, 0.6) is 0 Å². The summed E-state index contributed by atoms with van der Waals surface area (Å²) in [6, 6.07) is 34.9. The van der Waals surface area contributed by atoms with Crippen LogP contribution in [0, 0.1) is 0 Å². The Kier molecular flexibility index (Phi) is 8.94. The summed E-state index contributed by atoms with van der Waals surface area (Å²) < 4.78 is 36.5. The number of amides is 2. The predicted molar refractivity (Wildman–Crippen MR) is 166 cm³/mol. The molecule has 2 amide bonds. The fourth-order valence-electron chi connectivity index (χ4n) is 5.30. The van der Waals surface area contributed by atoms with Gasteiger partial charge in [0, 0.05) is 18.9 Å². The van der Waals surface area contributed by atoms with E-state index in [2.05, 4.69) is 119 Å². The van der Waals surface area contributed by atoms with E-state index in [9.17, 15) is 17.8 Å². The van der Waals surface area contributed by atoms with Crippen LogP contribution >= 0.6 is 7.26 Å². The number of rotatable bonds is 7. The summed E-state index contributed by atoms with van der Waals surface area (Å²) >= 11 is 0. The van der Waals surface area contributed by atoms with Gasteiger partial charge in [-0.3, -0.25) is 4.98 Å². The average Bonchev–Trinajstić information content (AvgIpc) is 3.25. The van der Waals surface area contributed by atoms with E-state index < -0.39 is 29.7 Å². The minimum Gasteiger partial charge on any atom is -0.724 e. The smallest absolute Gasteiger partial charge is 0.346 e. The summed E-state index contributed by atoms with van der Waals surface area (Å²) in [5.74, 6) is 2.41. The first-order valence-electron chi connectivity index (χ1n) is 13.4. The van der Waals surface area contributed by atoms with Gasteiger partial charge in [-0.25, -0.2) is 13.2 Å². The average molecular weight is 600 g/mol. The molecule has 10 heteroatoms. The lowest BCUT2D eigenvalue weighted by Crippen LogP contribution is -2.36. The van der Waals surface area contributed by atoms with Crippen LogP contribution in [-0.2, 0) is 14.7 Å². The summed E-state index contributed by atoms with van der Waals surface area (Å²) in [6.45, 7) is 2.72. The van der Waals surface area contributed by atoms with Gasteiger partial charge in [0.2, 0.25) is 10.4 Å². The second kappa shape index (κ2) is 12.8. The van der Waals surface area contributed by atoms with Gasteiger partial charge in [0.25, 0.3) is 0 Å². The minimum atomic E-state index is -5.00. The Morgan fingerprint density at radius 2 is 1.43 bits per heavy atom. The van der Waals surface area contributed by atoms with Gasteiger partial charge in [0.15, 0.2) is 0 Å². The molecule has 2 aliphatic heterocycles. The van der Waals surface area contributed by atoms with Crippen molar-refractivity contribution in [1.82, 2.24) is 14.9 Å². The van der Waals surface area contributed by atoms with Crippen molar-refractivity contribution >= 4 is 45.2 Å². The quantitative estimate of drug-likeness (QED) is 0.176. The molecule has 3 aromatic carbocycles. The van der Waals surface area contributed by atoms with Crippen LogP contribution < -0.4 is 15.9 Å². The zero-order valence-corrected chi connectivity index (χ0v) is 24.6. The van der Waals surface area contributed by atoms with Gasteiger partial charge >= 0.3 is 6.03 Å². The van der Waals surface area contributed by atoms with Crippen LogP contribution in [0.15, 0.2) is 133 Å². The zero-order chi connectivity index (χ0) is 29.6. The number of hydroxylamine groups is 2. The van der Waals surface area contributed by atoms with E-state index in [-0.39, 0.29) is 6.54 Å². The first kappa shape index (κ1) is 29.4. The number of aromatic nitrogens is 1. The molecular weight excluding hydrogens is 569 g/mol. The Bertz CT molecular complexity index is 1570. The Morgan fingerprint density at radius 1 is 0.881 bits per heavy atom. The van der Waals surface area contributed by atoms with E-state index in [1.54, 1.807) is 30.6 Å². The molecule has 1 unspecified atom stereocenters. The molecule has 2 bridgehead atoms. The topological polar surface area (TPSA) is 103 Å². The minimum absolute atomic E-state index is 0.273. The normalized spacial score (nSPS) is 16.7. The molecule has 8 nitrogen and oxygen atoms in total. The van der Waals surface area contributed by atoms with Crippen molar-refractivity contribution in [3.05, 3.63) is 139 Å². The fourth-order valence-corrected chi connectivity index (χ4v) is 9.45. The number of pyridine rings is 1. The molecule has 6 rings (SSSR count). The fraction of sp³-hybridized carbons (Fsp3) is 0.125. The van der Waals surface area contributed by atoms with Gasteiger partial charge in [-0.1, -0.05) is 72.8 Å². The van der Waals surface area contributed by atoms with Crippen molar-refractivity contribution in [2.75, 3.05) is 13.1 Å². The Balaban J connectivity index is 0.000000169. The Labute approximate surface area is 246 Å². The number of urea groups is 1. The molecule has 4 aromatic rings. The summed E-state index contributed by atoms with van der Waals surface area (Å²) in [5, 5.41) is 4.80. The maximum Gasteiger partial charge on any atom is 0.346 e. The third kappa shape index (κ3) is 6.20. The van der Waals surface area contributed by atoms with Crippen LogP contribution in [0.25, 0.3) is 5.57 Å². The molecule has 42 heavy (non-hydrogen) atoms. The molecule has 0 saturated carbocycles. The Hall–Kier alpha value is -4.14. The summed E-state index contributed by atoms with van der Waals surface area (Å²) in [5.41, 5.74) is 1.47. The van der Waals surface area contributed by atoms with E-state index in [4.69, 9.17) is 0 Å². The van der Waals surface area contributed by atoms with Crippen molar-refractivity contribution in [3.63, 3.8) is 0 Å². The van der Waals surface area contributed by atoms with Gasteiger partial charge in [-0.2, -0.15) is 9.35 Å². The third-order valence-corrected chi connectivity index (χ3v) is 11.5. The van der Waals surface area contributed by atoms with Crippen LogP contribution in [0.3, 0.4) is 0 Å². The zero-order valence-electron chi connectivity index (χ0n) is 22.9. The SMILES string of the molecule is C/C=C\[P+](c1ccccc1)(c1ccccc1)c1ccccc1.O=C1N2CC=C(c3cccnc3)C(C2)N1OS(=O)(=O)[O-]. The second-order valence-electron chi connectivity index (χ2n) is 9.62. The second-order valence-corrected chi connectivity index (χ2v) is 13.9. The molecule has 0 N–H and O–H groups in total. The van der Waals surface area contributed by atoms with E-state index in [1.807, 2.05) is 0 Å². The highest BCUT2D eigenvalue weighted by Gasteiger charge is 2.44. The largest absolute Gasteiger partial charge is 0.724 e. The highest BCUT2D eigenvalue weighted by atomic mass is 32.3. The van der Waals surface area contributed by atoms with Crippen molar-refractivity contribution in [3.8, 4) is 0 Å². The van der Waals surface area contributed by atoms with Crippen LogP contribution in [0.2, 0.25) is 0 Å². The number of fused-ring (bicyclic) bond motifs is 2. The van der Waals surface area contributed by atoms with Crippen molar-refractivity contribution in [2.24, 2.45) is 0 Å². The van der Waals surface area contributed by atoms with Crippen LogP contribution in [0.1, 0.15) is 12.5 Å².